The molecule has 164 valence electrons. The fraction of sp³-hybridized carbons (Fsp3) is 0.120. The number of carbonyl (C=O) groups is 1. The van der Waals surface area contributed by atoms with Gasteiger partial charge in [0, 0.05) is 5.56 Å². The maximum atomic E-state index is 13.3. The number of carbonyl (C=O) groups excluding carboxylic acids is 1. The van der Waals surface area contributed by atoms with Crippen LogP contribution in [0.3, 0.4) is 0 Å². The third-order valence-corrected chi connectivity index (χ3v) is 5.57. The Labute approximate surface area is 187 Å². The summed E-state index contributed by atoms with van der Waals surface area (Å²) in [7, 11) is 1.55. The minimum Gasteiger partial charge on any atom is -0.497 e. The van der Waals surface area contributed by atoms with E-state index in [1.807, 2.05) is 30.3 Å². The van der Waals surface area contributed by atoms with Crippen molar-refractivity contribution < 1.29 is 9.53 Å². The van der Waals surface area contributed by atoms with Gasteiger partial charge < -0.3 is 4.74 Å². The Kier molecular flexibility index (Phi) is 5.10. The van der Waals surface area contributed by atoms with E-state index in [1.54, 1.807) is 55.6 Å². The van der Waals surface area contributed by atoms with Gasteiger partial charge in [0.2, 0.25) is 5.78 Å². The molecule has 0 atom stereocenters. The molecule has 0 aliphatic heterocycles. The van der Waals surface area contributed by atoms with Crippen LogP contribution in [0.2, 0.25) is 0 Å². The second kappa shape index (κ2) is 8.23. The summed E-state index contributed by atoms with van der Waals surface area (Å²) in [5.41, 5.74) is 1.06. The lowest BCUT2D eigenvalue weighted by molar-refractivity contribution is 0.0966. The molecular formula is C25H20N4O4. The molecule has 0 aliphatic rings. The molecule has 0 unspecified atom stereocenters. The van der Waals surface area contributed by atoms with Crippen LogP contribution < -0.4 is 16.0 Å². The van der Waals surface area contributed by atoms with Crippen LogP contribution in [0, 0.1) is 0 Å². The summed E-state index contributed by atoms with van der Waals surface area (Å²) in [5, 5.41) is 4.81. The fourth-order valence-electron chi connectivity index (χ4n) is 3.88. The van der Waals surface area contributed by atoms with E-state index in [0.29, 0.717) is 22.2 Å². The molecule has 0 saturated heterocycles. The van der Waals surface area contributed by atoms with Crippen LogP contribution in [-0.2, 0) is 13.1 Å². The van der Waals surface area contributed by atoms with Gasteiger partial charge in [0.05, 0.1) is 24.6 Å². The van der Waals surface area contributed by atoms with Gasteiger partial charge in [0.15, 0.2) is 5.78 Å². The first kappa shape index (κ1) is 20.4. The maximum Gasteiger partial charge on any atom is 0.352 e. The van der Waals surface area contributed by atoms with E-state index in [4.69, 9.17) is 4.74 Å². The predicted octanol–water partition coefficient (Wildman–Crippen LogP) is 2.75. The van der Waals surface area contributed by atoms with E-state index in [-0.39, 0.29) is 30.2 Å². The van der Waals surface area contributed by atoms with E-state index in [1.165, 1.54) is 8.97 Å². The van der Waals surface area contributed by atoms with Crippen molar-refractivity contribution in [3.05, 3.63) is 111 Å². The lowest BCUT2D eigenvalue weighted by Crippen LogP contribution is -2.27. The first-order chi connectivity index (χ1) is 16.1. The van der Waals surface area contributed by atoms with Crippen LogP contribution in [0.25, 0.3) is 16.7 Å². The van der Waals surface area contributed by atoms with Crippen LogP contribution in [0.1, 0.15) is 15.9 Å². The van der Waals surface area contributed by atoms with Crippen molar-refractivity contribution >= 4 is 22.5 Å². The van der Waals surface area contributed by atoms with Crippen LogP contribution in [0.15, 0.2) is 88.5 Å². The molecule has 8 heteroatoms. The molecule has 0 spiro atoms. The topological polar surface area (TPSA) is 87.6 Å². The van der Waals surface area contributed by atoms with Crippen LogP contribution in [-0.4, -0.2) is 31.6 Å². The molecule has 33 heavy (non-hydrogen) atoms. The Bertz CT molecular complexity index is 1600. The van der Waals surface area contributed by atoms with Gasteiger partial charge in [0.1, 0.15) is 12.3 Å². The Hall–Kier alpha value is -4.46. The van der Waals surface area contributed by atoms with Crippen LogP contribution in [0.5, 0.6) is 5.75 Å². The summed E-state index contributed by atoms with van der Waals surface area (Å²) in [5.74, 6) is 0.548. The largest absolute Gasteiger partial charge is 0.497 e. The zero-order valence-electron chi connectivity index (χ0n) is 17.8. The molecule has 0 fully saturated rings. The second-order valence-corrected chi connectivity index (χ2v) is 7.62. The van der Waals surface area contributed by atoms with Gasteiger partial charge in [-0.25, -0.2) is 13.9 Å². The predicted molar refractivity (Wildman–Crippen MR) is 124 cm³/mol. The quantitative estimate of drug-likeness (QED) is 0.379. The minimum atomic E-state index is -0.482. The molecule has 3 aromatic carbocycles. The SMILES string of the molecule is COc1ccc(C(=O)Cn2nc3n(Cc4ccccc4)c(=O)c4ccccc4n3c2=O)cc1. The molecule has 0 amide bonds. The third kappa shape index (κ3) is 3.61. The van der Waals surface area contributed by atoms with Crippen molar-refractivity contribution in [2.75, 3.05) is 7.11 Å². The summed E-state index contributed by atoms with van der Waals surface area (Å²) < 4.78 is 9.09. The van der Waals surface area contributed by atoms with Crippen LogP contribution in [0.4, 0.5) is 0 Å². The molecule has 0 saturated carbocycles. The molecule has 0 bridgehead atoms. The Morgan fingerprint density at radius 3 is 2.33 bits per heavy atom. The van der Waals surface area contributed by atoms with Crippen molar-refractivity contribution in [1.82, 2.24) is 18.7 Å². The minimum absolute atomic E-state index is 0.190. The van der Waals surface area contributed by atoms with Crippen molar-refractivity contribution in [1.29, 1.82) is 0 Å². The van der Waals surface area contributed by atoms with E-state index in [2.05, 4.69) is 5.10 Å². The first-order valence-electron chi connectivity index (χ1n) is 10.4. The number of nitrogens with zero attached hydrogens (tertiary/aromatic N) is 4. The summed E-state index contributed by atoms with van der Waals surface area (Å²) in [6.07, 6.45) is 0. The van der Waals surface area contributed by atoms with Crippen molar-refractivity contribution in [3.63, 3.8) is 0 Å². The number of benzene rings is 3. The number of hydrogen-bond donors (Lipinski definition) is 0. The average Bonchev–Trinajstić information content (AvgIpc) is 3.18. The number of hydrogen-bond acceptors (Lipinski definition) is 5. The molecule has 5 aromatic rings. The Morgan fingerprint density at radius 2 is 1.61 bits per heavy atom. The number of aromatic nitrogens is 4. The van der Waals surface area contributed by atoms with Gasteiger partial charge in [-0.05, 0) is 42.0 Å². The molecule has 0 N–H and O–H groups in total. The first-order valence-corrected chi connectivity index (χ1v) is 10.4. The zero-order chi connectivity index (χ0) is 22.9. The monoisotopic (exact) mass is 440 g/mol. The standard InChI is InChI=1S/C25H20N4O4/c1-33-19-13-11-18(12-14-19)22(30)16-28-25(32)29-21-10-6-5-9-20(21)23(31)27(24(29)26-28)15-17-7-3-2-4-8-17/h2-14H,15-16H2,1H3. The van der Waals surface area contributed by atoms with E-state index in [0.717, 1.165) is 10.2 Å². The number of rotatable bonds is 6. The molecule has 2 heterocycles. The summed E-state index contributed by atoms with van der Waals surface area (Å²) in [6, 6.07) is 23.0. The highest BCUT2D eigenvalue weighted by Gasteiger charge is 2.19. The second-order valence-electron chi connectivity index (χ2n) is 7.62. The van der Waals surface area contributed by atoms with E-state index < -0.39 is 5.69 Å². The fourth-order valence-corrected chi connectivity index (χ4v) is 3.88. The summed E-state index contributed by atoms with van der Waals surface area (Å²) in [4.78, 5) is 39.4. The molecule has 8 nitrogen and oxygen atoms in total. The molecule has 0 radical (unpaired) electrons. The van der Waals surface area contributed by atoms with Gasteiger partial charge in [-0.15, -0.1) is 5.10 Å². The molecule has 2 aromatic heterocycles. The van der Waals surface area contributed by atoms with E-state index >= 15 is 0 Å². The number of methoxy groups -OCH3 is 1. The number of ketones is 1. The number of fused-ring (bicyclic) bond motifs is 3. The van der Waals surface area contributed by atoms with Crippen molar-refractivity contribution in [2.45, 2.75) is 13.1 Å². The van der Waals surface area contributed by atoms with Crippen LogP contribution >= 0.6 is 0 Å². The van der Waals surface area contributed by atoms with Gasteiger partial charge in [0.25, 0.3) is 5.56 Å². The highest BCUT2D eigenvalue weighted by atomic mass is 16.5. The van der Waals surface area contributed by atoms with Crippen molar-refractivity contribution in [3.8, 4) is 5.75 Å². The smallest absolute Gasteiger partial charge is 0.352 e. The third-order valence-electron chi connectivity index (χ3n) is 5.57. The Balaban J connectivity index is 1.65. The number of ether oxygens (including phenoxy) is 1. The van der Waals surface area contributed by atoms with Gasteiger partial charge in [-0.2, -0.15) is 0 Å². The van der Waals surface area contributed by atoms with Gasteiger partial charge in [-0.1, -0.05) is 42.5 Å². The van der Waals surface area contributed by atoms with Crippen molar-refractivity contribution in [2.24, 2.45) is 0 Å². The maximum absolute atomic E-state index is 13.3. The summed E-state index contributed by atoms with van der Waals surface area (Å²) >= 11 is 0. The lowest BCUT2D eigenvalue weighted by atomic mass is 10.1. The molecular weight excluding hydrogens is 420 g/mol. The average molecular weight is 440 g/mol. The zero-order valence-corrected chi connectivity index (χ0v) is 17.8. The molecule has 5 rings (SSSR count). The van der Waals surface area contributed by atoms with Gasteiger partial charge >= 0.3 is 5.69 Å². The lowest BCUT2D eigenvalue weighted by Gasteiger charge is -2.09. The highest BCUT2D eigenvalue weighted by molar-refractivity contribution is 5.96. The number of Topliss-reactive ketones (excluding diaryl/α,β-unsaturated/α-hetero) is 1. The highest BCUT2D eigenvalue weighted by Crippen LogP contribution is 2.14. The van der Waals surface area contributed by atoms with E-state index in [9.17, 15) is 14.4 Å². The summed E-state index contributed by atoms with van der Waals surface area (Å²) in [6.45, 7) is -0.00240. The normalized spacial score (nSPS) is 11.2. The van der Waals surface area contributed by atoms with Gasteiger partial charge in [-0.3, -0.25) is 14.2 Å². The molecule has 0 aliphatic carbocycles. The number of para-hydroxylation sites is 1. The Morgan fingerprint density at radius 1 is 0.909 bits per heavy atom.